The lowest BCUT2D eigenvalue weighted by atomic mass is 10.2. The Bertz CT molecular complexity index is 649. The van der Waals surface area contributed by atoms with Crippen LogP contribution in [-0.4, -0.2) is 35.4 Å². The fourth-order valence-electron chi connectivity index (χ4n) is 3.50. The minimum Gasteiger partial charge on any atom is -0.404 e. The van der Waals surface area contributed by atoms with Crippen molar-refractivity contribution < 1.29 is 13.9 Å². The highest BCUT2D eigenvalue weighted by atomic mass is 28.4. The fraction of sp³-hybridized carbons (Fsp3) is 0.391. The standard InChI is InChI=1S/C23H32O3Si/c1-23(2,3)27(20-14-8-6-9-15-20,21-16-10-7-11-17-21)26-19-13-12-18-22(24-4)25-5/h6-17,22H,18-19H2,1-5H3/b13-12+. The van der Waals surface area contributed by atoms with E-state index in [4.69, 9.17) is 13.9 Å². The lowest BCUT2D eigenvalue weighted by molar-refractivity contribution is -0.0986. The van der Waals surface area contributed by atoms with Crippen LogP contribution in [0, 0.1) is 0 Å². The molecule has 3 nitrogen and oxygen atoms in total. The molecule has 0 aliphatic heterocycles. The molecule has 0 N–H and O–H groups in total. The van der Waals surface area contributed by atoms with Gasteiger partial charge in [0.2, 0.25) is 0 Å². The number of hydrogen-bond acceptors (Lipinski definition) is 3. The number of methoxy groups -OCH3 is 2. The van der Waals surface area contributed by atoms with E-state index in [1.807, 2.05) is 0 Å². The van der Waals surface area contributed by atoms with Crippen molar-refractivity contribution in [3.05, 3.63) is 72.8 Å². The summed E-state index contributed by atoms with van der Waals surface area (Å²) in [4.78, 5) is 0. The molecule has 0 atom stereocenters. The minimum atomic E-state index is -2.46. The van der Waals surface area contributed by atoms with E-state index in [0.29, 0.717) is 13.0 Å². The van der Waals surface area contributed by atoms with Crippen LogP contribution >= 0.6 is 0 Å². The summed E-state index contributed by atoms with van der Waals surface area (Å²) in [6.45, 7) is 7.42. The molecular weight excluding hydrogens is 352 g/mol. The van der Waals surface area contributed by atoms with Gasteiger partial charge in [-0.15, -0.1) is 0 Å². The van der Waals surface area contributed by atoms with Crippen LogP contribution in [0.3, 0.4) is 0 Å². The molecule has 0 amide bonds. The largest absolute Gasteiger partial charge is 0.404 e. The third-order valence-corrected chi connectivity index (χ3v) is 9.84. The summed E-state index contributed by atoms with van der Waals surface area (Å²) >= 11 is 0. The average Bonchev–Trinajstić information content (AvgIpc) is 2.68. The highest BCUT2D eigenvalue weighted by Gasteiger charge is 2.49. The van der Waals surface area contributed by atoms with Crippen LogP contribution in [0.4, 0.5) is 0 Å². The zero-order chi connectivity index (χ0) is 19.8. The van der Waals surface area contributed by atoms with Gasteiger partial charge in [0.25, 0.3) is 8.32 Å². The third-order valence-electron chi connectivity index (χ3n) is 4.83. The molecule has 0 saturated carbocycles. The van der Waals surface area contributed by atoms with Crippen molar-refractivity contribution in [2.45, 2.75) is 38.5 Å². The van der Waals surface area contributed by atoms with Crippen molar-refractivity contribution in [3.63, 3.8) is 0 Å². The first kappa shape index (κ1) is 21.6. The van der Waals surface area contributed by atoms with Gasteiger partial charge in [-0.3, -0.25) is 0 Å². The van der Waals surface area contributed by atoms with Gasteiger partial charge in [-0.05, 0) is 15.4 Å². The van der Waals surface area contributed by atoms with E-state index < -0.39 is 8.32 Å². The summed E-state index contributed by atoms with van der Waals surface area (Å²) in [6.07, 6.45) is 4.63. The van der Waals surface area contributed by atoms with Crippen LogP contribution in [0.5, 0.6) is 0 Å². The van der Waals surface area contributed by atoms with Crippen LogP contribution < -0.4 is 10.4 Å². The molecule has 0 unspecified atom stereocenters. The van der Waals surface area contributed by atoms with Crippen molar-refractivity contribution in [3.8, 4) is 0 Å². The van der Waals surface area contributed by atoms with Gasteiger partial charge in [0.15, 0.2) is 6.29 Å². The molecule has 0 spiro atoms. The summed E-state index contributed by atoms with van der Waals surface area (Å²) in [5.41, 5.74) is 0. The number of rotatable bonds is 9. The first-order valence-electron chi connectivity index (χ1n) is 9.41. The Hall–Kier alpha value is -1.72. The molecule has 4 heteroatoms. The third kappa shape index (κ3) is 5.17. The van der Waals surface area contributed by atoms with E-state index in [0.717, 1.165) is 0 Å². The number of ether oxygens (including phenoxy) is 2. The van der Waals surface area contributed by atoms with Crippen LogP contribution in [0.2, 0.25) is 5.04 Å². The predicted octanol–water partition coefficient (Wildman–Crippen LogP) is 4.13. The zero-order valence-electron chi connectivity index (χ0n) is 17.1. The quantitative estimate of drug-likeness (QED) is 0.370. The van der Waals surface area contributed by atoms with Crippen LogP contribution in [0.25, 0.3) is 0 Å². The average molecular weight is 385 g/mol. The molecule has 2 rings (SSSR count). The molecule has 0 aliphatic carbocycles. The molecular formula is C23H32O3Si. The second-order valence-electron chi connectivity index (χ2n) is 7.58. The van der Waals surface area contributed by atoms with Gasteiger partial charge < -0.3 is 13.9 Å². The lowest BCUT2D eigenvalue weighted by Gasteiger charge is -2.42. The van der Waals surface area contributed by atoms with E-state index in [-0.39, 0.29) is 11.3 Å². The van der Waals surface area contributed by atoms with E-state index >= 15 is 0 Å². The molecule has 27 heavy (non-hydrogen) atoms. The summed E-state index contributed by atoms with van der Waals surface area (Å²) < 4.78 is 17.3. The van der Waals surface area contributed by atoms with Gasteiger partial charge in [-0.1, -0.05) is 93.6 Å². The van der Waals surface area contributed by atoms with Crippen LogP contribution in [0.1, 0.15) is 27.2 Å². The molecule has 0 bridgehead atoms. The predicted molar refractivity (Wildman–Crippen MR) is 115 cm³/mol. The normalized spacial score (nSPS) is 12.8. The Morgan fingerprint density at radius 3 is 1.70 bits per heavy atom. The minimum absolute atomic E-state index is 0.00879. The Morgan fingerprint density at radius 2 is 1.30 bits per heavy atom. The maximum Gasteiger partial charge on any atom is 0.261 e. The summed E-state index contributed by atoms with van der Waals surface area (Å²) in [7, 11) is 0.850. The highest BCUT2D eigenvalue weighted by Crippen LogP contribution is 2.36. The number of benzene rings is 2. The molecule has 2 aromatic rings. The number of hydrogen-bond donors (Lipinski definition) is 0. The van der Waals surface area contributed by atoms with Crippen molar-refractivity contribution in [1.29, 1.82) is 0 Å². The van der Waals surface area contributed by atoms with Crippen molar-refractivity contribution in [2.24, 2.45) is 0 Å². The van der Waals surface area contributed by atoms with Crippen molar-refractivity contribution in [1.82, 2.24) is 0 Å². The molecule has 0 aliphatic rings. The fourth-order valence-corrected chi connectivity index (χ4v) is 8.00. The molecule has 0 fully saturated rings. The van der Waals surface area contributed by atoms with Crippen LogP contribution in [0.15, 0.2) is 72.8 Å². The van der Waals surface area contributed by atoms with Gasteiger partial charge in [-0.25, -0.2) is 0 Å². The maximum atomic E-state index is 6.79. The van der Waals surface area contributed by atoms with Gasteiger partial charge in [0.05, 0.1) is 6.61 Å². The van der Waals surface area contributed by atoms with E-state index in [9.17, 15) is 0 Å². The topological polar surface area (TPSA) is 27.7 Å². The molecule has 0 radical (unpaired) electrons. The van der Waals surface area contributed by atoms with Crippen LogP contribution in [-0.2, 0) is 13.9 Å². The summed E-state index contributed by atoms with van der Waals surface area (Å²) in [6, 6.07) is 21.4. The van der Waals surface area contributed by atoms with Crippen molar-refractivity contribution >= 4 is 18.7 Å². The van der Waals surface area contributed by atoms with E-state index in [2.05, 4.69) is 93.6 Å². The summed E-state index contributed by atoms with van der Waals surface area (Å²) in [5.74, 6) is 0. The van der Waals surface area contributed by atoms with Crippen molar-refractivity contribution in [2.75, 3.05) is 20.8 Å². The Kier molecular flexibility index (Phi) is 7.99. The summed E-state index contributed by atoms with van der Waals surface area (Å²) in [5, 5.41) is 2.58. The Labute approximate surface area is 165 Å². The smallest absolute Gasteiger partial charge is 0.261 e. The monoisotopic (exact) mass is 384 g/mol. The van der Waals surface area contributed by atoms with Gasteiger partial charge in [-0.2, -0.15) is 0 Å². The first-order valence-corrected chi connectivity index (χ1v) is 11.3. The lowest BCUT2D eigenvalue weighted by Crippen LogP contribution is -2.66. The second kappa shape index (κ2) is 9.99. The maximum absolute atomic E-state index is 6.79. The van der Waals surface area contributed by atoms with Gasteiger partial charge in [0.1, 0.15) is 0 Å². The van der Waals surface area contributed by atoms with E-state index in [1.54, 1.807) is 14.2 Å². The highest BCUT2D eigenvalue weighted by molar-refractivity contribution is 6.99. The SMILES string of the molecule is COC(C/C=C/CO[Si](c1ccccc1)(c1ccccc1)C(C)(C)C)OC. The molecule has 0 saturated heterocycles. The molecule has 146 valence electrons. The van der Waals surface area contributed by atoms with E-state index in [1.165, 1.54) is 10.4 Å². The van der Waals surface area contributed by atoms with Gasteiger partial charge in [0, 0.05) is 20.6 Å². The molecule has 0 heterocycles. The molecule has 2 aromatic carbocycles. The first-order chi connectivity index (χ1) is 13.0. The zero-order valence-corrected chi connectivity index (χ0v) is 18.1. The Balaban J connectivity index is 2.34. The molecule has 0 aromatic heterocycles. The second-order valence-corrected chi connectivity index (χ2v) is 11.9. The van der Waals surface area contributed by atoms with Gasteiger partial charge >= 0.3 is 0 Å². The Morgan fingerprint density at radius 1 is 0.815 bits per heavy atom.